The summed E-state index contributed by atoms with van der Waals surface area (Å²) < 4.78 is 1.44. The lowest BCUT2D eigenvalue weighted by molar-refractivity contribution is -0.385. The Labute approximate surface area is 231 Å². The number of anilines is 1. The molecule has 0 spiro atoms. The van der Waals surface area contributed by atoms with Crippen molar-refractivity contribution in [3.05, 3.63) is 120 Å². The summed E-state index contributed by atoms with van der Waals surface area (Å²) in [6.45, 7) is 11.4. The number of nitrogens with one attached hydrogen (secondary N) is 1. The molecule has 0 saturated carbocycles. The number of hydrazone groups is 1. The third-order valence-electron chi connectivity index (χ3n) is 7.90. The van der Waals surface area contributed by atoms with Crippen LogP contribution in [0.3, 0.4) is 0 Å². The molecule has 9 nitrogen and oxygen atoms in total. The number of H-pyrrole nitrogens is 1. The number of nitro benzene ring substituents is 1. The van der Waals surface area contributed by atoms with Gasteiger partial charge in [-0.3, -0.25) is 24.8 Å². The van der Waals surface area contributed by atoms with Gasteiger partial charge in [-0.15, -0.1) is 0 Å². The predicted molar refractivity (Wildman–Crippen MR) is 156 cm³/mol. The zero-order valence-electron chi connectivity index (χ0n) is 23.4. The molecule has 2 unspecified atom stereocenters. The molecular formula is C31H31N5O4. The standard InChI is InChI=1S/C31H31N5O4/c1-17-11-13-23(15-19(17)3)34-30(37)27(21(5)32-34)29(25-9-7-8-10-26(25)36(39)40)28-22(6)33-35(31(28)38)24-14-12-18(2)20(4)16-24/h7-16,27,29,33H,1-6H3. The number of para-hydroxylation sites is 1. The summed E-state index contributed by atoms with van der Waals surface area (Å²) in [6, 6.07) is 17.6. The SMILES string of the molecule is CC1=NN(c2ccc(C)c(C)c2)C(=O)C1C(c1ccccc1[N+](=O)[O-])c1c(C)[nH]n(-c2ccc(C)c(C)c2)c1=O. The first-order valence-electron chi connectivity index (χ1n) is 13.1. The highest BCUT2D eigenvalue weighted by Crippen LogP contribution is 2.41. The summed E-state index contributed by atoms with van der Waals surface area (Å²) >= 11 is 0. The third-order valence-corrected chi connectivity index (χ3v) is 7.90. The Balaban J connectivity index is 1.71. The highest BCUT2D eigenvalue weighted by Gasteiger charge is 2.45. The van der Waals surface area contributed by atoms with Crippen LogP contribution in [0.5, 0.6) is 0 Å². The maximum atomic E-state index is 14.1. The number of benzene rings is 3. The second kappa shape index (κ2) is 10.1. The summed E-state index contributed by atoms with van der Waals surface area (Å²) in [6.07, 6.45) is 0. The van der Waals surface area contributed by atoms with Crippen LogP contribution in [0.1, 0.15) is 51.9 Å². The number of nitro groups is 1. The molecule has 204 valence electrons. The van der Waals surface area contributed by atoms with Gasteiger partial charge in [0.1, 0.15) is 0 Å². The quantitative estimate of drug-likeness (QED) is 0.248. The minimum absolute atomic E-state index is 0.157. The van der Waals surface area contributed by atoms with Crippen molar-refractivity contribution in [3.8, 4) is 5.69 Å². The Bertz CT molecular complexity index is 1760. The van der Waals surface area contributed by atoms with E-state index in [-0.39, 0.29) is 22.7 Å². The molecule has 0 bridgehead atoms. The number of rotatable bonds is 6. The summed E-state index contributed by atoms with van der Waals surface area (Å²) in [5.74, 6) is -2.20. The highest BCUT2D eigenvalue weighted by molar-refractivity contribution is 6.15. The van der Waals surface area contributed by atoms with Gasteiger partial charge in [0.2, 0.25) is 0 Å². The number of nitrogens with zero attached hydrogens (tertiary/aromatic N) is 4. The molecule has 1 N–H and O–H groups in total. The second-order valence-corrected chi connectivity index (χ2v) is 10.5. The largest absolute Gasteiger partial charge is 0.295 e. The van der Waals surface area contributed by atoms with Crippen LogP contribution in [0, 0.1) is 50.7 Å². The van der Waals surface area contributed by atoms with Crippen molar-refractivity contribution in [2.75, 3.05) is 5.01 Å². The zero-order valence-corrected chi connectivity index (χ0v) is 23.4. The van der Waals surface area contributed by atoms with Crippen molar-refractivity contribution in [3.63, 3.8) is 0 Å². The smallest absolute Gasteiger partial charge is 0.275 e. The Kier molecular flexibility index (Phi) is 6.75. The Morgan fingerprint density at radius 2 is 1.45 bits per heavy atom. The summed E-state index contributed by atoms with van der Waals surface area (Å²) in [5, 5.41) is 21.2. The maximum Gasteiger partial charge on any atom is 0.275 e. The van der Waals surface area contributed by atoms with Crippen LogP contribution in [-0.4, -0.2) is 26.3 Å². The van der Waals surface area contributed by atoms with E-state index in [1.165, 1.54) is 15.8 Å². The normalized spacial score (nSPS) is 15.8. The summed E-state index contributed by atoms with van der Waals surface area (Å²) in [4.78, 5) is 39.8. The van der Waals surface area contributed by atoms with Crippen molar-refractivity contribution in [2.45, 2.75) is 47.5 Å². The minimum Gasteiger partial charge on any atom is -0.295 e. The number of hydrogen-bond donors (Lipinski definition) is 1. The molecule has 4 aromatic rings. The first-order valence-corrected chi connectivity index (χ1v) is 13.1. The lowest BCUT2D eigenvalue weighted by atomic mass is 9.77. The van der Waals surface area contributed by atoms with E-state index in [1.807, 2.05) is 64.1 Å². The molecule has 5 rings (SSSR count). The number of aromatic nitrogens is 2. The van der Waals surface area contributed by atoms with Crippen molar-refractivity contribution in [1.82, 2.24) is 9.78 Å². The van der Waals surface area contributed by atoms with E-state index in [1.54, 1.807) is 32.0 Å². The van der Waals surface area contributed by atoms with E-state index in [0.29, 0.717) is 28.3 Å². The number of amides is 1. The predicted octanol–water partition coefficient (Wildman–Crippen LogP) is 5.79. The van der Waals surface area contributed by atoms with Gasteiger partial charge in [-0.2, -0.15) is 5.10 Å². The molecule has 9 heteroatoms. The van der Waals surface area contributed by atoms with Crippen molar-refractivity contribution < 1.29 is 9.72 Å². The van der Waals surface area contributed by atoms with Gasteiger partial charge in [0, 0.05) is 34.5 Å². The van der Waals surface area contributed by atoms with E-state index in [0.717, 1.165) is 22.3 Å². The Morgan fingerprint density at radius 1 is 0.850 bits per heavy atom. The number of hydrogen-bond acceptors (Lipinski definition) is 5. The zero-order chi connectivity index (χ0) is 28.9. The van der Waals surface area contributed by atoms with E-state index < -0.39 is 16.8 Å². The molecule has 0 radical (unpaired) electrons. The fourth-order valence-corrected chi connectivity index (χ4v) is 5.40. The van der Waals surface area contributed by atoms with Crippen LogP contribution in [0.4, 0.5) is 11.4 Å². The number of carbonyl (C=O) groups excluding carboxylic acids is 1. The van der Waals surface area contributed by atoms with Crippen LogP contribution in [0.15, 0.2) is 70.6 Å². The molecule has 2 atom stereocenters. The molecule has 1 aliphatic rings. The fraction of sp³-hybridized carbons (Fsp3) is 0.258. The molecule has 1 aliphatic heterocycles. The number of carbonyl (C=O) groups is 1. The van der Waals surface area contributed by atoms with Crippen LogP contribution >= 0.6 is 0 Å². The van der Waals surface area contributed by atoms with Gasteiger partial charge < -0.3 is 0 Å². The van der Waals surface area contributed by atoms with Crippen molar-refractivity contribution >= 4 is 23.0 Å². The highest BCUT2D eigenvalue weighted by atomic mass is 16.6. The lowest BCUT2D eigenvalue weighted by Crippen LogP contribution is -2.34. The Hall–Kier alpha value is -4.79. The van der Waals surface area contributed by atoms with Crippen LogP contribution in [0.25, 0.3) is 5.69 Å². The molecular weight excluding hydrogens is 506 g/mol. The van der Waals surface area contributed by atoms with E-state index in [4.69, 9.17) is 0 Å². The van der Waals surface area contributed by atoms with Gasteiger partial charge in [0.25, 0.3) is 17.2 Å². The van der Waals surface area contributed by atoms with E-state index in [2.05, 4.69) is 10.2 Å². The van der Waals surface area contributed by atoms with Crippen molar-refractivity contribution in [2.24, 2.45) is 11.0 Å². The maximum absolute atomic E-state index is 14.1. The van der Waals surface area contributed by atoms with Crippen LogP contribution in [0.2, 0.25) is 0 Å². The molecule has 1 amide bonds. The van der Waals surface area contributed by atoms with E-state index in [9.17, 15) is 19.7 Å². The van der Waals surface area contributed by atoms with Gasteiger partial charge in [-0.05, 0) is 88.1 Å². The average Bonchev–Trinajstić information content (AvgIpc) is 3.38. The number of aryl methyl sites for hydroxylation is 5. The molecule has 0 aliphatic carbocycles. The third kappa shape index (κ3) is 4.43. The molecule has 2 heterocycles. The summed E-state index contributed by atoms with van der Waals surface area (Å²) in [5.41, 5.74) is 6.51. The molecule has 0 fully saturated rings. The molecule has 1 aromatic heterocycles. The number of aromatic amines is 1. The molecule has 3 aromatic carbocycles. The summed E-state index contributed by atoms with van der Waals surface area (Å²) in [7, 11) is 0. The van der Waals surface area contributed by atoms with E-state index >= 15 is 0 Å². The van der Waals surface area contributed by atoms with Gasteiger partial charge in [0.15, 0.2) is 0 Å². The molecule has 0 saturated heterocycles. The van der Waals surface area contributed by atoms with Gasteiger partial charge in [-0.25, -0.2) is 9.69 Å². The first kappa shape index (κ1) is 26.8. The van der Waals surface area contributed by atoms with Gasteiger partial charge in [-0.1, -0.05) is 30.3 Å². The monoisotopic (exact) mass is 537 g/mol. The van der Waals surface area contributed by atoms with Crippen LogP contribution in [-0.2, 0) is 4.79 Å². The van der Waals surface area contributed by atoms with Crippen LogP contribution < -0.4 is 10.6 Å². The minimum atomic E-state index is -0.939. The van der Waals surface area contributed by atoms with Crippen molar-refractivity contribution in [1.29, 1.82) is 0 Å². The van der Waals surface area contributed by atoms with Gasteiger partial charge >= 0.3 is 0 Å². The second-order valence-electron chi connectivity index (χ2n) is 10.5. The fourth-order valence-electron chi connectivity index (χ4n) is 5.40. The van der Waals surface area contributed by atoms with Gasteiger partial charge in [0.05, 0.1) is 22.2 Å². The first-order chi connectivity index (χ1) is 19.0. The Morgan fingerprint density at radius 3 is 2.08 bits per heavy atom. The topological polar surface area (TPSA) is 114 Å². The average molecular weight is 538 g/mol. The molecule has 40 heavy (non-hydrogen) atoms. The lowest BCUT2D eigenvalue weighted by Gasteiger charge is -2.23.